The minimum absolute atomic E-state index is 0.000946. The van der Waals surface area contributed by atoms with Crippen molar-refractivity contribution >= 4 is 5.91 Å². The lowest BCUT2D eigenvalue weighted by Gasteiger charge is -2.18. The second kappa shape index (κ2) is 6.67. The van der Waals surface area contributed by atoms with E-state index < -0.39 is 35.0 Å². The first-order valence-corrected chi connectivity index (χ1v) is 7.51. The molecule has 1 amide bonds. The number of hydrogen-bond donors (Lipinski definition) is 1. The third-order valence-electron chi connectivity index (χ3n) is 3.79. The number of fused-ring (bicyclic) bond motifs is 1. The summed E-state index contributed by atoms with van der Waals surface area (Å²) < 4.78 is 88.9. The average molecular weight is 391 g/mol. The summed E-state index contributed by atoms with van der Waals surface area (Å²) in [5.41, 5.74) is -4.34. The Morgan fingerprint density at radius 2 is 1.52 bits per heavy atom. The van der Waals surface area contributed by atoms with Gasteiger partial charge in [0.15, 0.2) is 11.5 Å². The highest BCUT2D eigenvalue weighted by Gasteiger charge is 2.42. The van der Waals surface area contributed by atoms with E-state index in [1.807, 2.05) is 0 Å². The van der Waals surface area contributed by atoms with E-state index in [1.165, 1.54) is 18.2 Å². The molecule has 0 bridgehead atoms. The molecular weight excluding hydrogens is 380 g/mol. The molecule has 0 aliphatic carbocycles. The van der Waals surface area contributed by atoms with E-state index in [9.17, 15) is 31.1 Å². The molecule has 1 heterocycles. The Hall–Kier alpha value is -2.91. The van der Waals surface area contributed by atoms with E-state index in [4.69, 9.17) is 9.47 Å². The van der Waals surface area contributed by atoms with Gasteiger partial charge in [-0.15, -0.1) is 0 Å². The number of carbonyl (C=O) groups is 1. The molecule has 4 nitrogen and oxygen atoms in total. The fourth-order valence-electron chi connectivity index (χ4n) is 2.59. The Morgan fingerprint density at radius 1 is 0.926 bits per heavy atom. The fourth-order valence-corrected chi connectivity index (χ4v) is 2.59. The van der Waals surface area contributed by atoms with Crippen LogP contribution in [0.4, 0.5) is 26.3 Å². The van der Waals surface area contributed by atoms with Gasteiger partial charge >= 0.3 is 12.4 Å². The smallest absolute Gasteiger partial charge is 0.417 e. The molecule has 0 saturated heterocycles. The maximum Gasteiger partial charge on any atom is 0.417 e. The number of rotatable bonds is 3. The first-order chi connectivity index (χ1) is 12.6. The molecule has 0 unspecified atom stereocenters. The zero-order chi connectivity index (χ0) is 19.8. The quantitative estimate of drug-likeness (QED) is 0.790. The van der Waals surface area contributed by atoms with E-state index in [0.717, 1.165) is 0 Å². The molecule has 0 saturated carbocycles. The van der Waals surface area contributed by atoms with Crippen molar-refractivity contribution in [2.75, 3.05) is 6.79 Å². The Balaban J connectivity index is 1.89. The average Bonchev–Trinajstić information content (AvgIpc) is 3.05. The lowest BCUT2D eigenvalue weighted by molar-refractivity contribution is -0.143. The molecule has 1 aliphatic rings. The number of benzene rings is 2. The van der Waals surface area contributed by atoms with Gasteiger partial charge in [0.25, 0.3) is 5.91 Å². The van der Waals surface area contributed by atoms with Gasteiger partial charge in [0.05, 0.1) is 16.7 Å². The van der Waals surface area contributed by atoms with E-state index in [0.29, 0.717) is 35.3 Å². The first-order valence-electron chi connectivity index (χ1n) is 7.51. The predicted molar refractivity (Wildman–Crippen MR) is 80.2 cm³/mol. The maximum absolute atomic E-state index is 13.1. The van der Waals surface area contributed by atoms with Crippen molar-refractivity contribution < 1.29 is 40.6 Å². The topological polar surface area (TPSA) is 47.6 Å². The molecule has 0 radical (unpaired) electrons. The first kappa shape index (κ1) is 18.9. The molecule has 3 rings (SSSR count). The Labute approximate surface area is 148 Å². The van der Waals surface area contributed by atoms with Crippen LogP contribution >= 0.6 is 0 Å². The molecule has 0 aromatic heterocycles. The molecular formula is C17H11F6NO3. The molecule has 1 aliphatic heterocycles. The number of hydrogen-bond acceptors (Lipinski definition) is 3. The lowest BCUT2D eigenvalue weighted by atomic mass is 9.99. The van der Waals surface area contributed by atoms with Crippen molar-refractivity contribution in [2.45, 2.75) is 18.9 Å². The summed E-state index contributed by atoms with van der Waals surface area (Å²) >= 11 is 0. The van der Waals surface area contributed by atoms with Gasteiger partial charge in [0.2, 0.25) is 6.79 Å². The summed E-state index contributed by atoms with van der Waals surface area (Å²) in [5.74, 6) is -0.659. The van der Waals surface area contributed by atoms with Crippen molar-refractivity contribution in [3.63, 3.8) is 0 Å². The van der Waals surface area contributed by atoms with Crippen LogP contribution < -0.4 is 14.8 Å². The van der Waals surface area contributed by atoms with Crippen LogP contribution in [0.5, 0.6) is 11.5 Å². The van der Waals surface area contributed by atoms with Crippen molar-refractivity contribution in [1.29, 1.82) is 0 Å². The van der Waals surface area contributed by atoms with Crippen LogP contribution in [-0.4, -0.2) is 12.7 Å². The van der Waals surface area contributed by atoms with Crippen LogP contribution in [0.1, 0.15) is 27.0 Å². The Bertz CT molecular complexity index is 844. The molecule has 0 spiro atoms. The standard InChI is InChI=1S/C17H11F6NO3/c18-16(19,20)10-2-1-3-11(17(21,22)23)14(10)15(25)24-7-9-4-5-12-13(6-9)27-8-26-12/h1-6H,7-8H2,(H,24,25). The fraction of sp³-hybridized carbons (Fsp3) is 0.235. The van der Waals surface area contributed by atoms with Gasteiger partial charge in [-0.05, 0) is 29.8 Å². The Kier molecular flexibility index (Phi) is 4.66. The van der Waals surface area contributed by atoms with Crippen LogP contribution in [-0.2, 0) is 18.9 Å². The van der Waals surface area contributed by atoms with Crippen LogP contribution in [0.15, 0.2) is 36.4 Å². The summed E-state index contributed by atoms with van der Waals surface area (Å²) in [4.78, 5) is 12.2. The van der Waals surface area contributed by atoms with Crippen molar-refractivity contribution in [1.82, 2.24) is 5.32 Å². The summed E-state index contributed by atoms with van der Waals surface area (Å²) in [7, 11) is 0. The molecule has 27 heavy (non-hydrogen) atoms. The van der Waals surface area contributed by atoms with Crippen LogP contribution in [0, 0.1) is 0 Å². The second-order valence-electron chi connectivity index (χ2n) is 5.59. The van der Waals surface area contributed by atoms with Gasteiger partial charge in [-0.25, -0.2) is 0 Å². The summed E-state index contributed by atoms with van der Waals surface area (Å²) in [6.07, 6.45) is -10.2. The summed E-state index contributed by atoms with van der Waals surface area (Å²) in [5, 5.41) is 2.10. The van der Waals surface area contributed by atoms with Crippen molar-refractivity contribution in [3.05, 3.63) is 58.7 Å². The number of halogens is 6. The Morgan fingerprint density at radius 3 is 2.11 bits per heavy atom. The third kappa shape index (κ3) is 3.93. The maximum atomic E-state index is 13.1. The monoisotopic (exact) mass is 391 g/mol. The highest BCUT2D eigenvalue weighted by atomic mass is 19.4. The van der Waals surface area contributed by atoms with Gasteiger partial charge in [0.1, 0.15) is 0 Å². The molecule has 2 aromatic rings. The third-order valence-corrected chi connectivity index (χ3v) is 3.79. The molecule has 0 fully saturated rings. The minimum Gasteiger partial charge on any atom is -0.454 e. The van der Waals surface area contributed by atoms with Gasteiger partial charge in [-0.1, -0.05) is 12.1 Å². The zero-order valence-corrected chi connectivity index (χ0v) is 13.4. The predicted octanol–water partition coefficient (Wildman–Crippen LogP) is 4.38. The number of ether oxygens (including phenoxy) is 2. The van der Waals surface area contributed by atoms with Crippen LogP contribution in [0.25, 0.3) is 0 Å². The van der Waals surface area contributed by atoms with Crippen molar-refractivity contribution in [3.8, 4) is 11.5 Å². The van der Waals surface area contributed by atoms with Gasteiger partial charge in [-0.3, -0.25) is 4.79 Å². The largest absolute Gasteiger partial charge is 0.454 e. The summed E-state index contributed by atoms with van der Waals surface area (Å²) in [6, 6.07) is 5.99. The van der Waals surface area contributed by atoms with E-state index in [2.05, 4.69) is 5.32 Å². The van der Waals surface area contributed by atoms with Gasteiger partial charge in [0, 0.05) is 6.54 Å². The molecule has 144 valence electrons. The lowest BCUT2D eigenvalue weighted by Crippen LogP contribution is -2.29. The van der Waals surface area contributed by atoms with Gasteiger partial charge in [-0.2, -0.15) is 26.3 Å². The second-order valence-corrected chi connectivity index (χ2v) is 5.59. The summed E-state index contributed by atoms with van der Waals surface area (Å²) in [6.45, 7) is -0.294. The van der Waals surface area contributed by atoms with Crippen molar-refractivity contribution in [2.24, 2.45) is 0 Å². The van der Waals surface area contributed by atoms with Crippen LogP contribution in [0.2, 0.25) is 0 Å². The minimum atomic E-state index is -5.12. The number of alkyl halides is 6. The molecule has 0 atom stereocenters. The molecule has 1 N–H and O–H groups in total. The highest BCUT2D eigenvalue weighted by molar-refractivity contribution is 5.97. The normalized spacial score (nSPS) is 13.6. The van der Waals surface area contributed by atoms with E-state index in [-0.39, 0.29) is 13.3 Å². The number of carbonyl (C=O) groups excluding carboxylic acids is 1. The van der Waals surface area contributed by atoms with Crippen LogP contribution in [0.3, 0.4) is 0 Å². The number of nitrogens with one attached hydrogen (secondary N) is 1. The zero-order valence-electron chi connectivity index (χ0n) is 13.4. The molecule has 2 aromatic carbocycles. The van der Waals surface area contributed by atoms with Gasteiger partial charge < -0.3 is 14.8 Å². The number of amides is 1. The van der Waals surface area contributed by atoms with E-state index >= 15 is 0 Å². The highest BCUT2D eigenvalue weighted by Crippen LogP contribution is 2.39. The SMILES string of the molecule is O=C(NCc1ccc2c(c1)OCO2)c1c(C(F)(F)F)cccc1C(F)(F)F. The van der Waals surface area contributed by atoms with E-state index in [1.54, 1.807) is 0 Å². The molecule has 10 heteroatoms.